The molecule has 2 rings (SSSR count). The molecular weight excluding hydrogens is 270 g/mol. The molecule has 0 aliphatic rings. The summed E-state index contributed by atoms with van der Waals surface area (Å²) in [6.07, 6.45) is 1.31. The Kier molecular flexibility index (Phi) is 4.20. The number of aliphatic carboxylic acids is 1. The van der Waals surface area contributed by atoms with Gasteiger partial charge in [0.25, 0.3) is 0 Å². The topological polar surface area (TPSA) is 72.0 Å². The molecule has 6 heteroatoms. The van der Waals surface area contributed by atoms with Crippen molar-refractivity contribution in [1.82, 2.24) is 0 Å². The first-order valence-electron chi connectivity index (χ1n) is 5.38. The number of oxime groups is 1. The van der Waals surface area contributed by atoms with Crippen molar-refractivity contribution in [2.45, 2.75) is 0 Å². The lowest BCUT2D eigenvalue weighted by Crippen LogP contribution is -2.03. The van der Waals surface area contributed by atoms with Crippen LogP contribution in [0.3, 0.4) is 0 Å². The standard InChI is InChI=1S/C13H10ClNO4/c14-10-3-1-9(2-4-10)12-6-5-11(19-12)7-15-18-8-13(16)17/h1-7H,8H2,(H,16,17). The summed E-state index contributed by atoms with van der Waals surface area (Å²) < 4.78 is 5.50. The Morgan fingerprint density at radius 1 is 1.32 bits per heavy atom. The molecule has 98 valence electrons. The summed E-state index contributed by atoms with van der Waals surface area (Å²) in [6.45, 7) is -0.485. The molecule has 2 aromatic rings. The van der Waals surface area contributed by atoms with Crippen LogP contribution in [0.2, 0.25) is 5.02 Å². The van der Waals surface area contributed by atoms with Gasteiger partial charge in [-0.15, -0.1) is 0 Å². The predicted molar refractivity (Wildman–Crippen MR) is 70.3 cm³/mol. The zero-order valence-electron chi connectivity index (χ0n) is 9.75. The number of benzene rings is 1. The number of hydrogen-bond donors (Lipinski definition) is 1. The second kappa shape index (κ2) is 6.06. The molecule has 5 nitrogen and oxygen atoms in total. The fraction of sp³-hybridized carbons (Fsp3) is 0.0769. The van der Waals surface area contributed by atoms with Gasteiger partial charge in [0.1, 0.15) is 17.7 Å². The second-order valence-corrected chi connectivity index (χ2v) is 4.05. The number of carboxylic acid groups (broad SMARTS) is 1. The minimum Gasteiger partial charge on any atom is -0.479 e. The minimum absolute atomic E-state index is 0.468. The zero-order chi connectivity index (χ0) is 13.7. The summed E-state index contributed by atoms with van der Waals surface area (Å²) in [6, 6.07) is 10.7. The van der Waals surface area contributed by atoms with Crippen LogP contribution in [0.4, 0.5) is 0 Å². The molecule has 0 atom stereocenters. The third kappa shape index (κ3) is 3.86. The molecule has 0 aliphatic heterocycles. The molecule has 0 saturated carbocycles. The lowest BCUT2D eigenvalue weighted by Gasteiger charge is -1.96. The summed E-state index contributed by atoms with van der Waals surface area (Å²) in [5.41, 5.74) is 0.885. The van der Waals surface area contributed by atoms with Gasteiger partial charge in [-0.3, -0.25) is 0 Å². The molecule has 0 unspecified atom stereocenters. The number of rotatable bonds is 5. The van der Waals surface area contributed by atoms with Gasteiger partial charge >= 0.3 is 5.97 Å². The summed E-state index contributed by atoms with van der Waals surface area (Å²) >= 11 is 5.80. The van der Waals surface area contributed by atoms with E-state index < -0.39 is 12.6 Å². The van der Waals surface area contributed by atoms with E-state index in [1.54, 1.807) is 24.3 Å². The number of hydrogen-bond acceptors (Lipinski definition) is 4. The average Bonchev–Trinajstić information content (AvgIpc) is 2.84. The van der Waals surface area contributed by atoms with Crippen molar-refractivity contribution in [3.63, 3.8) is 0 Å². The first-order chi connectivity index (χ1) is 9.15. The van der Waals surface area contributed by atoms with Crippen molar-refractivity contribution < 1.29 is 19.2 Å². The van der Waals surface area contributed by atoms with Gasteiger partial charge in [0.2, 0.25) is 6.61 Å². The van der Waals surface area contributed by atoms with Gasteiger partial charge in [0, 0.05) is 10.6 Å². The largest absolute Gasteiger partial charge is 0.479 e. The van der Waals surface area contributed by atoms with Crippen molar-refractivity contribution in [3.8, 4) is 11.3 Å². The van der Waals surface area contributed by atoms with E-state index in [1.807, 2.05) is 12.1 Å². The maximum absolute atomic E-state index is 10.2. The van der Waals surface area contributed by atoms with Crippen LogP contribution < -0.4 is 0 Å². The van der Waals surface area contributed by atoms with Crippen LogP contribution in [-0.4, -0.2) is 23.9 Å². The smallest absolute Gasteiger partial charge is 0.344 e. The normalized spacial score (nSPS) is 10.8. The Labute approximate surface area is 114 Å². The van der Waals surface area contributed by atoms with E-state index in [0.29, 0.717) is 16.5 Å². The van der Waals surface area contributed by atoms with Crippen LogP contribution in [0.5, 0.6) is 0 Å². The van der Waals surface area contributed by atoms with Crippen molar-refractivity contribution in [2.75, 3.05) is 6.61 Å². The maximum atomic E-state index is 10.2. The van der Waals surface area contributed by atoms with Crippen LogP contribution in [0.25, 0.3) is 11.3 Å². The quantitative estimate of drug-likeness (QED) is 0.674. The van der Waals surface area contributed by atoms with Gasteiger partial charge in [-0.2, -0.15) is 0 Å². The number of furan rings is 1. The summed E-state index contributed by atoms with van der Waals surface area (Å²) in [4.78, 5) is 14.7. The molecule has 1 aromatic heterocycles. The molecule has 0 fully saturated rings. The lowest BCUT2D eigenvalue weighted by atomic mass is 10.2. The maximum Gasteiger partial charge on any atom is 0.344 e. The van der Waals surface area contributed by atoms with Crippen molar-refractivity contribution in [3.05, 3.63) is 47.2 Å². The first kappa shape index (κ1) is 13.2. The number of carbonyl (C=O) groups is 1. The summed E-state index contributed by atoms with van der Waals surface area (Å²) in [5.74, 6) is 0.0464. The summed E-state index contributed by atoms with van der Waals surface area (Å²) in [7, 11) is 0. The van der Waals surface area contributed by atoms with E-state index in [0.717, 1.165) is 5.56 Å². The van der Waals surface area contributed by atoms with Gasteiger partial charge in [0.05, 0.1) is 0 Å². The molecule has 0 radical (unpaired) electrons. The molecule has 0 saturated heterocycles. The predicted octanol–water partition coefficient (Wildman–Crippen LogP) is 3.04. The second-order valence-electron chi connectivity index (χ2n) is 3.61. The molecule has 1 aromatic carbocycles. The molecule has 1 N–H and O–H groups in total. The molecule has 19 heavy (non-hydrogen) atoms. The minimum atomic E-state index is -1.08. The molecule has 0 spiro atoms. The van der Waals surface area contributed by atoms with Crippen LogP contribution in [0.1, 0.15) is 5.76 Å². The lowest BCUT2D eigenvalue weighted by molar-refractivity contribution is -0.142. The highest BCUT2D eigenvalue weighted by Gasteiger charge is 2.03. The van der Waals surface area contributed by atoms with Crippen molar-refractivity contribution in [1.29, 1.82) is 0 Å². The molecule has 1 heterocycles. The van der Waals surface area contributed by atoms with Crippen molar-refractivity contribution >= 4 is 23.8 Å². The SMILES string of the molecule is O=C(O)CON=Cc1ccc(-c2ccc(Cl)cc2)o1. The van der Waals surface area contributed by atoms with Gasteiger partial charge in [-0.25, -0.2) is 4.79 Å². The Morgan fingerprint density at radius 2 is 2.05 bits per heavy atom. The van der Waals surface area contributed by atoms with Gasteiger partial charge in [-0.1, -0.05) is 16.8 Å². The van der Waals surface area contributed by atoms with Crippen LogP contribution in [0.15, 0.2) is 46.0 Å². The van der Waals surface area contributed by atoms with E-state index in [4.69, 9.17) is 21.1 Å². The fourth-order valence-corrected chi connectivity index (χ4v) is 1.50. The first-order valence-corrected chi connectivity index (χ1v) is 5.76. The van der Waals surface area contributed by atoms with Gasteiger partial charge in [-0.05, 0) is 36.4 Å². The van der Waals surface area contributed by atoms with Crippen LogP contribution >= 0.6 is 11.6 Å². The Bertz CT molecular complexity index is 589. The number of nitrogens with zero attached hydrogens (tertiary/aromatic N) is 1. The van der Waals surface area contributed by atoms with E-state index in [1.165, 1.54) is 6.21 Å². The molecular formula is C13H10ClNO4. The third-order valence-corrected chi connectivity index (χ3v) is 2.45. The monoisotopic (exact) mass is 279 g/mol. The average molecular weight is 280 g/mol. The highest BCUT2D eigenvalue weighted by molar-refractivity contribution is 6.30. The molecule has 0 aliphatic carbocycles. The van der Waals surface area contributed by atoms with E-state index in [-0.39, 0.29) is 0 Å². The van der Waals surface area contributed by atoms with Gasteiger partial charge < -0.3 is 14.4 Å². The Balaban J connectivity index is 2.02. The van der Waals surface area contributed by atoms with E-state index in [9.17, 15) is 4.79 Å². The third-order valence-electron chi connectivity index (χ3n) is 2.20. The Hall–Kier alpha value is -2.27. The van der Waals surface area contributed by atoms with Crippen LogP contribution in [0, 0.1) is 0 Å². The van der Waals surface area contributed by atoms with Gasteiger partial charge in [0.15, 0.2) is 0 Å². The van der Waals surface area contributed by atoms with Crippen LogP contribution in [-0.2, 0) is 9.63 Å². The number of carboxylic acids is 1. The Morgan fingerprint density at radius 3 is 2.74 bits per heavy atom. The molecule has 0 amide bonds. The summed E-state index contributed by atoms with van der Waals surface area (Å²) in [5, 5.41) is 12.5. The zero-order valence-corrected chi connectivity index (χ0v) is 10.5. The van der Waals surface area contributed by atoms with E-state index >= 15 is 0 Å². The highest BCUT2D eigenvalue weighted by Crippen LogP contribution is 2.23. The van der Waals surface area contributed by atoms with Crippen molar-refractivity contribution in [2.24, 2.45) is 5.16 Å². The fourth-order valence-electron chi connectivity index (χ4n) is 1.37. The molecule has 0 bridgehead atoms. The highest BCUT2D eigenvalue weighted by atomic mass is 35.5. The number of halogens is 1. The van der Waals surface area contributed by atoms with E-state index in [2.05, 4.69) is 9.99 Å².